The second-order valence-corrected chi connectivity index (χ2v) is 20.7. The number of hydrogen-bond donors (Lipinski definition) is 1. The Hall–Kier alpha value is -7.13. The van der Waals surface area contributed by atoms with Crippen LogP contribution in [0.15, 0.2) is 200 Å². The first-order chi connectivity index (χ1) is 35.3. The van der Waals surface area contributed by atoms with Crippen LogP contribution in [0.2, 0.25) is 0 Å². The molecule has 8 aromatic carbocycles. The van der Waals surface area contributed by atoms with Crippen molar-refractivity contribution in [2.24, 2.45) is 5.92 Å². The molecule has 2 heterocycles. The summed E-state index contributed by atoms with van der Waals surface area (Å²) in [4.78, 5) is 10.6. The second kappa shape index (κ2) is 20.2. The van der Waals surface area contributed by atoms with Crippen LogP contribution in [0.4, 0.5) is 0 Å². The van der Waals surface area contributed by atoms with Gasteiger partial charge >= 0.3 is 0 Å². The fourth-order valence-corrected chi connectivity index (χ4v) is 10.4. The van der Waals surface area contributed by atoms with E-state index in [9.17, 15) is 7.85 Å². The van der Waals surface area contributed by atoms with E-state index in [2.05, 4.69) is 167 Å². The van der Waals surface area contributed by atoms with Crippen molar-refractivity contribution in [1.29, 1.82) is 0 Å². The van der Waals surface area contributed by atoms with Crippen LogP contribution in [0.3, 0.4) is 0 Å². The number of aromatic hydroxyl groups is 1. The monoisotopic (exact) mass is 1120 g/mol. The minimum absolute atomic E-state index is 0. The summed E-state index contributed by atoms with van der Waals surface area (Å²) in [6.07, 6.45) is 4.26. The summed E-state index contributed by atoms with van der Waals surface area (Å²) >= 11 is 0. The quantitative estimate of drug-likeness (QED) is 0.131. The largest absolute Gasteiger partial charge is 0.507 e. The molecule has 1 aliphatic carbocycles. The van der Waals surface area contributed by atoms with Crippen molar-refractivity contribution in [2.75, 3.05) is 0 Å². The Morgan fingerprint density at radius 2 is 1.17 bits per heavy atom. The summed E-state index contributed by atoms with van der Waals surface area (Å²) in [7, 11) is 0. The first-order valence-corrected chi connectivity index (χ1v) is 25.1. The van der Waals surface area contributed by atoms with Gasteiger partial charge < -0.3 is 5.11 Å². The summed E-state index contributed by atoms with van der Waals surface area (Å²) in [6.45, 7) is 11.3. The Labute approximate surface area is 442 Å². The van der Waals surface area contributed by atoms with Crippen molar-refractivity contribution >= 4 is 11.0 Å². The van der Waals surface area contributed by atoms with Crippen LogP contribution < -0.4 is 0 Å². The van der Waals surface area contributed by atoms with Crippen LogP contribution in [-0.2, 0) is 38.3 Å². The predicted octanol–water partition coefficient (Wildman–Crippen LogP) is 17.3. The molecule has 72 heavy (non-hydrogen) atoms. The molecular weight excluding hydrogens is 1060 g/mol. The van der Waals surface area contributed by atoms with Gasteiger partial charge in [-0.15, -0.1) is 29.3 Å². The standard InChI is InChI=1S/C67H60N3O.Pt/c1-66(2,3)55-42-51(40-52(43-55)60-44-50(36-37-68-60)49-26-17-29-54(41-49)67(4,5)53-27-13-8-14-28-53)56-30-19-33-62-63(56)69-65(58-32-18-31-57(64(58)71)47-22-9-6-10-23-47)70(62)61-35-34-46(38-45-20-15-16-21-45)39-59(61)48-24-11-7-12-25-48;/h6-14,17-19,22-37,39,41-45,71H,15-16,20-21,38H2,1-5H3;/q-1;/i38D2;. The Kier molecular flexibility index (Phi) is 12.9. The molecule has 4 nitrogen and oxygen atoms in total. The summed E-state index contributed by atoms with van der Waals surface area (Å²) < 4.78 is 21.2. The van der Waals surface area contributed by atoms with E-state index in [4.69, 9.17) is 9.97 Å². The summed E-state index contributed by atoms with van der Waals surface area (Å²) in [5.41, 5.74) is 16.0. The van der Waals surface area contributed by atoms with Crippen molar-refractivity contribution in [3.8, 4) is 78.6 Å². The maximum absolute atomic E-state index is 12.4. The van der Waals surface area contributed by atoms with Gasteiger partial charge in [0, 0.05) is 52.2 Å². The van der Waals surface area contributed by atoms with Gasteiger partial charge in [0.1, 0.15) is 11.6 Å². The molecule has 0 aliphatic heterocycles. The zero-order valence-corrected chi connectivity index (χ0v) is 43.8. The minimum atomic E-state index is -1.50. The van der Waals surface area contributed by atoms with Gasteiger partial charge in [-0.2, -0.15) is 0 Å². The van der Waals surface area contributed by atoms with E-state index in [0.29, 0.717) is 22.5 Å². The number of benzene rings is 8. The van der Waals surface area contributed by atoms with Crippen LogP contribution in [0.25, 0.3) is 83.9 Å². The van der Waals surface area contributed by atoms with Gasteiger partial charge in [0.25, 0.3) is 0 Å². The van der Waals surface area contributed by atoms with Crippen molar-refractivity contribution in [2.45, 2.75) is 77.5 Å². The number of phenols is 1. The fourth-order valence-electron chi connectivity index (χ4n) is 10.4. The third kappa shape index (κ3) is 9.53. The molecule has 1 fully saturated rings. The van der Waals surface area contributed by atoms with Gasteiger partial charge in [-0.25, -0.2) is 4.98 Å². The molecule has 0 unspecified atom stereocenters. The third-order valence-electron chi connectivity index (χ3n) is 14.6. The molecule has 5 heteroatoms. The Bertz CT molecular complexity index is 3630. The number of hydrogen-bond acceptors (Lipinski definition) is 3. The van der Waals surface area contributed by atoms with Crippen LogP contribution in [-0.4, -0.2) is 19.6 Å². The van der Waals surface area contributed by atoms with Gasteiger partial charge in [-0.05, 0) is 87.0 Å². The van der Waals surface area contributed by atoms with Gasteiger partial charge in [-0.3, -0.25) is 9.55 Å². The average molecular weight is 1120 g/mol. The topological polar surface area (TPSA) is 50.9 Å². The van der Waals surface area contributed by atoms with E-state index in [1.165, 1.54) is 11.1 Å². The molecule has 360 valence electrons. The zero-order chi connectivity index (χ0) is 50.5. The van der Waals surface area contributed by atoms with Crippen LogP contribution in [0, 0.1) is 12.0 Å². The van der Waals surface area contributed by atoms with E-state index in [1.54, 1.807) is 0 Å². The first-order valence-electron chi connectivity index (χ1n) is 26.1. The van der Waals surface area contributed by atoms with E-state index >= 15 is 0 Å². The van der Waals surface area contributed by atoms with Crippen molar-refractivity contribution in [1.82, 2.24) is 14.5 Å². The molecule has 0 amide bonds. The number of para-hydroxylation sites is 2. The molecular formula is C67H60N3OPt-. The normalized spacial score (nSPS) is 13.7. The van der Waals surface area contributed by atoms with Gasteiger partial charge in [0.05, 0.1) is 22.3 Å². The van der Waals surface area contributed by atoms with Crippen LogP contribution in [0.5, 0.6) is 5.75 Å². The third-order valence-corrected chi connectivity index (χ3v) is 14.6. The molecule has 1 aliphatic rings. The first kappa shape index (κ1) is 46.0. The zero-order valence-electron chi connectivity index (χ0n) is 43.6. The summed E-state index contributed by atoms with van der Waals surface area (Å²) in [5.74, 6) is 0.657. The number of fused-ring (bicyclic) bond motifs is 1. The van der Waals surface area contributed by atoms with E-state index in [-0.39, 0.29) is 43.6 Å². The molecule has 10 aromatic rings. The molecule has 1 N–H and O–H groups in total. The van der Waals surface area contributed by atoms with E-state index in [1.807, 2.05) is 79.0 Å². The number of pyridine rings is 1. The average Bonchev–Trinajstić information content (AvgIpc) is 4.12. The van der Waals surface area contributed by atoms with E-state index < -0.39 is 6.37 Å². The number of rotatable bonds is 11. The number of nitrogens with zero attached hydrogens (tertiary/aromatic N) is 3. The smallest absolute Gasteiger partial charge is 0.148 e. The SMILES string of the molecule is [2H]C([2H])(c1ccc(-n2c(-c3cccc(-c4ccccc4)c3O)nc3c(-c4[c-]c(-c5cc(-c6cccc(C(C)(C)c7ccccc7)c6)ccn5)cc(C(C)(C)C)c4)cccc32)c(-c2ccccc2)c1)C1CCCC1.[Pt]. The molecule has 0 radical (unpaired) electrons. The Morgan fingerprint density at radius 1 is 0.569 bits per heavy atom. The van der Waals surface area contributed by atoms with Crippen molar-refractivity contribution < 1.29 is 28.9 Å². The fraction of sp³-hybridized carbons (Fsp3) is 0.194. The van der Waals surface area contributed by atoms with Crippen molar-refractivity contribution in [3.63, 3.8) is 0 Å². The van der Waals surface area contributed by atoms with Crippen molar-refractivity contribution in [3.05, 3.63) is 229 Å². The molecule has 11 rings (SSSR count). The number of imidazole rings is 1. The van der Waals surface area contributed by atoms with Gasteiger partial charge in [0.15, 0.2) is 0 Å². The Morgan fingerprint density at radius 3 is 1.89 bits per heavy atom. The number of phenolic OH excluding ortho intramolecular Hbond substituents is 1. The molecule has 0 bridgehead atoms. The molecule has 0 saturated heterocycles. The minimum Gasteiger partial charge on any atom is -0.507 e. The molecule has 1 saturated carbocycles. The van der Waals surface area contributed by atoms with Crippen LogP contribution in [0.1, 0.15) is 85.3 Å². The van der Waals surface area contributed by atoms with Gasteiger partial charge in [0.2, 0.25) is 0 Å². The maximum atomic E-state index is 12.4. The molecule has 0 atom stereocenters. The number of aromatic nitrogens is 3. The van der Waals surface area contributed by atoms with Crippen LogP contribution >= 0.6 is 0 Å². The predicted molar refractivity (Wildman–Crippen MR) is 295 cm³/mol. The molecule has 0 spiro atoms. The summed E-state index contributed by atoms with van der Waals surface area (Å²) in [5, 5.41) is 12.4. The van der Waals surface area contributed by atoms with Gasteiger partial charge in [-0.1, -0.05) is 223 Å². The second-order valence-electron chi connectivity index (χ2n) is 20.7. The molecule has 2 aromatic heterocycles. The Balaban J connectivity index is 0.00000626. The summed E-state index contributed by atoms with van der Waals surface area (Å²) in [6, 6.07) is 70.5. The van der Waals surface area contributed by atoms with E-state index in [0.717, 1.165) is 98.2 Å². The maximum Gasteiger partial charge on any atom is 0.148 e.